The van der Waals surface area contributed by atoms with Gasteiger partial charge in [-0.15, -0.1) is 0 Å². The third-order valence-corrected chi connectivity index (χ3v) is 2.79. The molecule has 0 atom stereocenters. The van der Waals surface area contributed by atoms with Crippen LogP contribution in [0, 0.1) is 17.0 Å². The molecule has 0 spiro atoms. The number of hydrogen-bond donors (Lipinski definition) is 0. The molecule has 0 heterocycles. The van der Waals surface area contributed by atoms with Crippen LogP contribution in [0.15, 0.2) is 12.1 Å². The van der Waals surface area contributed by atoms with E-state index in [1.807, 2.05) is 26.8 Å². The van der Waals surface area contributed by atoms with Crippen LogP contribution >= 0.6 is 11.6 Å². The van der Waals surface area contributed by atoms with Crippen LogP contribution in [-0.4, -0.2) is 4.92 Å². The maximum absolute atomic E-state index is 10.8. The van der Waals surface area contributed by atoms with E-state index >= 15 is 0 Å². The van der Waals surface area contributed by atoms with Gasteiger partial charge in [-0.05, 0) is 23.5 Å². The Morgan fingerprint density at radius 1 is 1.33 bits per heavy atom. The molecular formula is C11H14ClNO2. The average Bonchev–Trinajstić information content (AvgIpc) is 2.06. The number of rotatable bonds is 1. The zero-order chi connectivity index (χ0) is 11.8. The molecule has 0 aromatic heterocycles. The SMILES string of the molecule is Cc1cc(C(C)(C)C)cc([N+](=O)[O-])c1Cl. The summed E-state index contributed by atoms with van der Waals surface area (Å²) in [6.45, 7) is 7.82. The van der Waals surface area contributed by atoms with Crippen molar-refractivity contribution in [2.24, 2.45) is 0 Å². The third kappa shape index (κ3) is 2.48. The Kier molecular flexibility index (Phi) is 3.05. The second-order valence-corrected chi connectivity index (χ2v) is 5.01. The Morgan fingerprint density at radius 3 is 2.27 bits per heavy atom. The van der Waals surface area contributed by atoms with Gasteiger partial charge in [-0.2, -0.15) is 0 Å². The van der Waals surface area contributed by atoms with Crippen LogP contribution in [0.4, 0.5) is 5.69 Å². The minimum absolute atomic E-state index is 0.0124. The molecule has 0 saturated heterocycles. The van der Waals surface area contributed by atoms with Crippen LogP contribution in [0.5, 0.6) is 0 Å². The summed E-state index contributed by atoms with van der Waals surface area (Å²) in [5, 5.41) is 11.0. The third-order valence-electron chi connectivity index (χ3n) is 2.30. The van der Waals surface area contributed by atoms with Gasteiger partial charge in [-0.3, -0.25) is 10.1 Å². The van der Waals surface area contributed by atoms with Crippen LogP contribution in [-0.2, 0) is 5.41 Å². The van der Waals surface area contributed by atoms with E-state index < -0.39 is 4.92 Å². The topological polar surface area (TPSA) is 43.1 Å². The predicted octanol–water partition coefficient (Wildman–Crippen LogP) is 3.85. The van der Waals surface area contributed by atoms with Crippen molar-refractivity contribution in [1.82, 2.24) is 0 Å². The van der Waals surface area contributed by atoms with Crippen LogP contribution in [0.3, 0.4) is 0 Å². The van der Waals surface area contributed by atoms with Gasteiger partial charge in [0.1, 0.15) is 5.02 Å². The van der Waals surface area contributed by atoms with Gasteiger partial charge in [0, 0.05) is 6.07 Å². The number of nitrogens with zero attached hydrogens (tertiary/aromatic N) is 1. The number of halogens is 1. The quantitative estimate of drug-likeness (QED) is 0.540. The van der Waals surface area contributed by atoms with Crippen molar-refractivity contribution in [3.8, 4) is 0 Å². The Labute approximate surface area is 94.2 Å². The number of nitro groups is 1. The Bertz CT molecular complexity index is 408. The molecule has 82 valence electrons. The molecule has 0 radical (unpaired) electrons. The minimum atomic E-state index is -0.440. The van der Waals surface area contributed by atoms with Crippen molar-refractivity contribution in [2.75, 3.05) is 0 Å². The molecule has 0 aliphatic rings. The summed E-state index contributed by atoms with van der Waals surface area (Å²) in [7, 11) is 0. The highest BCUT2D eigenvalue weighted by Gasteiger charge is 2.21. The zero-order valence-electron chi connectivity index (χ0n) is 9.30. The first-order valence-corrected chi connectivity index (χ1v) is 5.06. The fraction of sp³-hybridized carbons (Fsp3) is 0.455. The van der Waals surface area contributed by atoms with Crippen molar-refractivity contribution >= 4 is 17.3 Å². The minimum Gasteiger partial charge on any atom is -0.258 e. The molecule has 0 aliphatic heterocycles. The second kappa shape index (κ2) is 3.81. The number of benzene rings is 1. The van der Waals surface area contributed by atoms with E-state index in [4.69, 9.17) is 11.6 Å². The first-order valence-electron chi connectivity index (χ1n) is 4.68. The van der Waals surface area contributed by atoms with E-state index in [9.17, 15) is 10.1 Å². The smallest absolute Gasteiger partial charge is 0.258 e. The standard InChI is InChI=1S/C11H14ClNO2/c1-7-5-8(11(2,3)4)6-9(10(7)12)13(14)15/h5-6H,1-4H3. The van der Waals surface area contributed by atoms with E-state index in [-0.39, 0.29) is 16.1 Å². The molecule has 0 bridgehead atoms. The summed E-state index contributed by atoms with van der Waals surface area (Å²) in [4.78, 5) is 10.3. The molecule has 0 fully saturated rings. The fourth-order valence-electron chi connectivity index (χ4n) is 1.32. The largest absolute Gasteiger partial charge is 0.288 e. The lowest BCUT2D eigenvalue weighted by Gasteiger charge is -2.19. The number of aryl methyl sites for hydroxylation is 1. The van der Waals surface area contributed by atoms with Crippen molar-refractivity contribution in [2.45, 2.75) is 33.1 Å². The molecule has 3 nitrogen and oxygen atoms in total. The van der Waals surface area contributed by atoms with Gasteiger partial charge in [0.05, 0.1) is 4.92 Å². The summed E-state index contributed by atoms with van der Waals surface area (Å²) in [5.41, 5.74) is 1.55. The van der Waals surface area contributed by atoms with E-state index in [1.165, 1.54) is 0 Å². The van der Waals surface area contributed by atoms with E-state index in [0.29, 0.717) is 0 Å². The first kappa shape index (κ1) is 12.0. The molecule has 0 unspecified atom stereocenters. The Balaban J connectivity index is 3.43. The summed E-state index contributed by atoms with van der Waals surface area (Å²) >= 11 is 5.87. The molecule has 1 rings (SSSR count). The molecule has 0 aliphatic carbocycles. The zero-order valence-corrected chi connectivity index (χ0v) is 10.1. The van der Waals surface area contributed by atoms with Crippen LogP contribution in [0.2, 0.25) is 5.02 Å². The van der Waals surface area contributed by atoms with Gasteiger partial charge >= 0.3 is 0 Å². The maximum Gasteiger partial charge on any atom is 0.288 e. The van der Waals surface area contributed by atoms with E-state index in [0.717, 1.165) is 11.1 Å². The molecule has 1 aromatic rings. The van der Waals surface area contributed by atoms with Gasteiger partial charge < -0.3 is 0 Å². The average molecular weight is 228 g/mol. The Morgan fingerprint density at radius 2 is 1.87 bits per heavy atom. The molecule has 15 heavy (non-hydrogen) atoms. The maximum atomic E-state index is 10.8. The molecule has 0 saturated carbocycles. The van der Waals surface area contributed by atoms with Crippen molar-refractivity contribution in [3.05, 3.63) is 38.4 Å². The Hall–Kier alpha value is -1.09. The van der Waals surface area contributed by atoms with Crippen LogP contribution in [0.25, 0.3) is 0 Å². The van der Waals surface area contributed by atoms with Gasteiger partial charge in [0.2, 0.25) is 0 Å². The normalized spacial score (nSPS) is 11.5. The highest BCUT2D eigenvalue weighted by Crippen LogP contribution is 2.33. The molecular weight excluding hydrogens is 214 g/mol. The second-order valence-electron chi connectivity index (χ2n) is 4.63. The number of nitro benzene ring substituents is 1. The lowest BCUT2D eigenvalue weighted by atomic mass is 9.86. The molecule has 0 amide bonds. The molecule has 1 aromatic carbocycles. The van der Waals surface area contributed by atoms with Crippen molar-refractivity contribution < 1.29 is 4.92 Å². The van der Waals surface area contributed by atoms with Gasteiger partial charge in [0.25, 0.3) is 5.69 Å². The summed E-state index contributed by atoms with van der Waals surface area (Å²) in [6, 6.07) is 3.45. The lowest BCUT2D eigenvalue weighted by molar-refractivity contribution is -0.384. The highest BCUT2D eigenvalue weighted by molar-refractivity contribution is 6.33. The van der Waals surface area contributed by atoms with Crippen LogP contribution in [0.1, 0.15) is 31.9 Å². The van der Waals surface area contributed by atoms with E-state index in [1.54, 1.807) is 13.0 Å². The summed E-state index contributed by atoms with van der Waals surface area (Å²) < 4.78 is 0. The lowest BCUT2D eigenvalue weighted by Crippen LogP contribution is -2.12. The number of hydrogen-bond acceptors (Lipinski definition) is 2. The highest BCUT2D eigenvalue weighted by atomic mass is 35.5. The predicted molar refractivity (Wildman–Crippen MR) is 61.5 cm³/mol. The van der Waals surface area contributed by atoms with Gasteiger partial charge in [0.15, 0.2) is 0 Å². The summed E-state index contributed by atoms with van der Waals surface area (Å²) in [6.07, 6.45) is 0. The van der Waals surface area contributed by atoms with E-state index in [2.05, 4.69) is 0 Å². The fourth-order valence-corrected chi connectivity index (χ4v) is 1.49. The van der Waals surface area contributed by atoms with Crippen LogP contribution < -0.4 is 0 Å². The van der Waals surface area contributed by atoms with Gasteiger partial charge in [-0.25, -0.2) is 0 Å². The molecule has 0 N–H and O–H groups in total. The van der Waals surface area contributed by atoms with Crippen molar-refractivity contribution in [1.29, 1.82) is 0 Å². The first-order chi connectivity index (χ1) is 6.73. The molecule has 4 heteroatoms. The summed E-state index contributed by atoms with van der Waals surface area (Å²) in [5.74, 6) is 0. The monoisotopic (exact) mass is 227 g/mol. The van der Waals surface area contributed by atoms with Crippen molar-refractivity contribution in [3.63, 3.8) is 0 Å². The van der Waals surface area contributed by atoms with Gasteiger partial charge in [-0.1, -0.05) is 38.4 Å².